The number of aromatic nitrogens is 2. The number of ketones is 1. The Hall–Kier alpha value is -1.65. The number of carbonyl (C=O) groups is 2. The van der Waals surface area contributed by atoms with Gasteiger partial charge in [0, 0.05) is 25.6 Å². The van der Waals surface area contributed by atoms with E-state index in [-0.39, 0.29) is 12.2 Å². The molecule has 1 aromatic rings. The first-order valence-corrected chi connectivity index (χ1v) is 4.79. The first kappa shape index (κ1) is 9.89. The maximum absolute atomic E-state index is 11.6. The molecule has 1 aromatic heterocycles. The van der Waals surface area contributed by atoms with Gasteiger partial charge in [0.2, 0.25) is 0 Å². The molecule has 0 aliphatic heterocycles. The number of carboxylic acids is 1. The number of hydrogen-bond acceptors (Lipinski definition) is 3. The first-order valence-electron chi connectivity index (χ1n) is 4.79. The largest absolute Gasteiger partial charge is 0.481 e. The summed E-state index contributed by atoms with van der Waals surface area (Å²) >= 11 is 0. The van der Waals surface area contributed by atoms with Crippen molar-refractivity contribution in [2.24, 2.45) is 13.0 Å². The lowest BCUT2D eigenvalue weighted by molar-refractivity contribution is -0.141. The van der Waals surface area contributed by atoms with E-state index in [0.29, 0.717) is 12.1 Å². The third kappa shape index (κ3) is 1.44. The Kier molecular flexibility index (Phi) is 2.10. The van der Waals surface area contributed by atoms with Crippen LogP contribution < -0.4 is 0 Å². The van der Waals surface area contributed by atoms with E-state index >= 15 is 0 Å². The minimum atomic E-state index is -0.909. The summed E-state index contributed by atoms with van der Waals surface area (Å²) in [7, 11) is 1.80. The first-order chi connectivity index (χ1) is 7.00. The van der Waals surface area contributed by atoms with Crippen LogP contribution in [0.15, 0.2) is 0 Å². The Morgan fingerprint density at radius 1 is 1.53 bits per heavy atom. The maximum Gasteiger partial charge on any atom is 0.307 e. The molecule has 1 unspecified atom stereocenters. The number of aliphatic carboxylic acids is 1. The van der Waals surface area contributed by atoms with E-state index in [0.717, 1.165) is 11.5 Å². The molecule has 0 aromatic carbocycles. The van der Waals surface area contributed by atoms with Gasteiger partial charge < -0.3 is 9.67 Å². The normalized spacial score (nSPS) is 20.1. The van der Waals surface area contributed by atoms with Gasteiger partial charge >= 0.3 is 5.97 Å². The molecule has 1 N–H and O–H groups in total. The van der Waals surface area contributed by atoms with Gasteiger partial charge in [-0.25, -0.2) is 4.98 Å². The van der Waals surface area contributed by atoms with Crippen LogP contribution in [0, 0.1) is 12.8 Å². The van der Waals surface area contributed by atoms with Crippen LogP contribution in [0.2, 0.25) is 0 Å². The Balaban J connectivity index is 2.46. The van der Waals surface area contributed by atoms with Gasteiger partial charge in [-0.3, -0.25) is 9.59 Å². The molecule has 1 atom stereocenters. The summed E-state index contributed by atoms with van der Waals surface area (Å²) in [5.41, 5.74) is 1.20. The molecule has 5 heteroatoms. The highest BCUT2D eigenvalue weighted by atomic mass is 16.4. The van der Waals surface area contributed by atoms with E-state index < -0.39 is 11.9 Å². The predicted octanol–water partition coefficient (Wildman–Crippen LogP) is 0.558. The van der Waals surface area contributed by atoms with Crippen LogP contribution in [-0.4, -0.2) is 26.4 Å². The van der Waals surface area contributed by atoms with Crippen LogP contribution in [0.4, 0.5) is 0 Å². The van der Waals surface area contributed by atoms with Gasteiger partial charge in [-0.05, 0) is 6.92 Å². The third-order valence-electron chi connectivity index (χ3n) is 2.92. The summed E-state index contributed by atoms with van der Waals surface area (Å²) in [6.07, 6.45) is 0.465. The van der Waals surface area contributed by atoms with Crippen molar-refractivity contribution in [1.82, 2.24) is 9.55 Å². The lowest BCUT2D eigenvalue weighted by Gasteiger charge is -2.17. The highest BCUT2D eigenvalue weighted by Crippen LogP contribution is 2.25. The van der Waals surface area contributed by atoms with Crippen molar-refractivity contribution in [2.75, 3.05) is 0 Å². The van der Waals surface area contributed by atoms with Gasteiger partial charge in [0.1, 0.15) is 11.5 Å². The van der Waals surface area contributed by atoms with Gasteiger partial charge in [0.05, 0.1) is 5.92 Å². The Bertz CT molecular complexity index is 448. The molecular weight excluding hydrogens is 196 g/mol. The van der Waals surface area contributed by atoms with Gasteiger partial charge in [0.25, 0.3) is 0 Å². The van der Waals surface area contributed by atoms with Crippen molar-refractivity contribution in [3.8, 4) is 0 Å². The number of rotatable bonds is 1. The minimum absolute atomic E-state index is 0.0682. The fourth-order valence-corrected chi connectivity index (χ4v) is 1.91. The Morgan fingerprint density at radius 3 is 2.80 bits per heavy atom. The van der Waals surface area contributed by atoms with Crippen molar-refractivity contribution < 1.29 is 14.7 Å². The molecular formula is C10H12N2O3. The molecule has 0 spiro atoms. The Morgan fingerprint density at radius 2 is 2.20 bits per heavy atom. The molecule has 1 aliphatic carbocycles. The maximum atomic E-state index is 11.6. The van der Waals surface area contributed by atoms with E-state index in [9.17, 15) is 9.59 Å². The number of aryl methyl sites for hydroxylation is 1. The lowest BCUT2D eigenvalue weighted by atomic mass is 9.89. The second-order valence-electron chi connectivity index (χ2n) is 3.88. The van der Waals surface area contributed by atoms with Gasteiger partial charge in [-0.2, -0.15) is 0 Å². The molecule has 0 saturated carbocycles. The van der Waals surface area contributed by atoms with Crippen molar-refractivity contribution in [1.29, 1.82) is 0 Å². The van der Waals surface area contributed by atoms with Crippen LogP contribution in [0.3, 0.4) is 0 Å². The predicted molar refractivity (Wildman–Crippen MR) is 51.7 cm³/mol. The number of carboxylic acid groups (broad SMARTS) is 1. The summed E-state index contributed by atoms with van der Waals surface area (Å²) in [6, 6.07) is 0. The van der Waals surface area contributed by atoms with E-state index in [4.69, 9.17) is 5.11 Å². The van der Waals surface area contributed by atoms with E-state index in [2.05, 4.69) is 4.98 Å². The zero-order valence-electron chi connectivity index (χ0n) is 8.65. The van der Waals surface area contributed by atoms with Crippen LogP contribution in [-0.2, 0) is 18.3 Å². The number of nitrogens with zero attached hydrogens (tertiary/aromatic N) is 2. The summed E-state index contributed by atoms with van der Waals surface area (Å²) in [5, 5.41) is 8.90. The monoisotopic (exact) mass is 208 g/mol. The van der Waals surface area contributed by atoms with Crippen LogP contribution in [0.5, 0.6) is 0 Å². The van der Waals surface area contributed by atoms with E-state index in [1.807, 2.05) is 0 Å². The van der Waals surface area contributed by atoms with Crippen molar-refractivity contribution in [2.45, 2.75) is 19.8 Å². The zero-order chi connectivity index (χ0) is 11.2. The summed E-state index contributed by atoms with van der Waals surface area (Å²) < 4.78 is 1.79. The summed E-state index contributed by atoms with van der Waals surface area (Å²) in [6.45, 7) is 1.81. The van der Waals surface area contributed by atoms with Gasteiger partial charge in [-0.1, -0.05) is 0 Å². The number of fused-ring (bicyclic) bond motifs is 1. The van der Waals surface area contributed by atoms with Crippen molar-refractivity contribution in [3.63, 3.8) is 0 Å². The standard InChI is InChI=1S/C10H12N2O3/c1-5-11-9-7(12(5)2)3-6(10(14)15)4-8(9)13/h6H,3-4H2,1-2H3,(H,14,15). The second-order valence-corrected chi connectivity index (χ2v) is 3.88. The van der Waals surface area contributed by atoms with Crippen LogP contribution in [0.25, 0.3) is 0 Å². The smallest absolute Gasteiger partial charge is 0.307 e. The molecule has 5 nitrogen and oxygen atoms in total. The fraction of sp³-hybridized carbons (Fsp3) is 0.500. The van der Waals surface area contributed by atoms with Crippen molar-refractivity contribution >= 4 is 11.8 Å². The second kappa shape index (κ2) is 3.18. The molecule has 0 bridgehead atoms. The molecule has 2 rings (SSSR count). The average Bonchev–Trinajstić information content (AvgIpc) is 2.45. The quantitative estimate of drug-likeness (QED) is 0.731. The average molecular weight is 208 g/mol. The fourth-order valence-electron chi connectivity index (χ4n) is 1.91. The molecule has 0 radical (unpaired) electrons. The molecule has 15 heavy (non-hydrogen) atoms. The molecule has 0 amide bonds. The molecule has 1 heterocycles. The van der Waals surface area contributed by atoms with E-state index in [1.54, 1.807) is 18.5 Å². The third-order valence-corrected chi connectivity index (χ3v) is 2.92. The minimum Gasteiger partial charge on any atom is -0.481 e. The highest BCUT2D eigenvalue weighted by Gasteiger charge is 2.33. The summed E-state index contributed by atoms with van der Waals surface area (Å²) in [5.74, 6) is -0.917. The number of imidazole rings is 1. The highest BCUT2D eigenvalue weighted by molar-refractivity contribution is 5.99. The molecule has 0 fully saturated rings. The van der Waals surface area contributed by atoms with Crippen LogP contribution >= 0.6 is 0 Å². The van der Waals surface area contributed by atoms with Gasteiger partial charge in [0.15, 0.2) is 5.78 Å². The molecule has 80 valence electrons. The van der Waals surface area contributed by atoms with E-state index in [1.165, 1.54) is 0 Å². The van der Waals surface area contributed by atoms with Crippen LogP contribution in [0.1, 0.15) is 28.4 Å². The topological polar surface area (TPSA) is 72.2 Å². The zero-order valence-corrected chi connectivity index (χ0v) is 8.65. The van der Waals surface area contributed by atoms with Crippen molar-refractivity contribution in [3.05, 3.63) is 17.2 Å². The van der Waals surface area contributed by atoms with Gasteiger partial charge in [-0.15, -0.1) is 0 Å². The summed E-state index contributed by atoms with van der Waals surface area (Å²) in [4.78, 5) is 26.6. The number of Topliss-reactive ketones (excluding diaryl/α,β-unsaturated/α-hetero) is 1. The molecule has 1 aliphatic rings. The molecule has 0 saturated heterocycles. The lowest BCUT2D eigenvalue weighted by Crippen LogP contribution is -2.27. The number of carbonyl (C=O) groups excluding carboxylic acids is 1. The number of hydrogen-bond donors (Lipinski definition) is 1. The Labute approximate surface area is 86.7 Å². The SMILES string of the molecule is Cc1nc2c(n1C)CC(C(=O)O)CC2=O.